The van der Waals surface area contributed by atoms with E-state index in [1.165, 1.54) is 11.1 Å². The molecule has 2 N–H and O–H groups in total. The van der Waals surface area contributed by atoms with Gasteiger partial charge in [0.15, 0.2) is 0 Å². The smallest absolute Gasteiger partial charge is 0.0384 e. The molecule has 102 valence electrons. The highest BCUT2D eigenvalue weighted by Gasteiger charge is 2.09. The van der Waals surface area contributed by atoms with E-state index in [1.54, 1.807) is 0 Å². The second-order valence-electron chi connectivity index (χ2n) is 4.16. The van der Waals surface area contributed by atoms with Crippen LogP contribution in [0.3, 0.4) is 0 Å². The number of rotatable bonds is 2. The van der Waals surface area contributed by atoms with E-state index in [1.807, 2.05) is 27.7 Å². The standard InChI is InChI=1S/C12H19N.2C2H6.H2/c1-8(2)10-6-5-7-11(9(3)4)12(10)13;2*1-2;/h5-9H,13H2,1-4H3;2*1-2H3;1H. The molecule has 0 aromatic heterocycles. The van der Waals surface area contributed by atoms with Crippen LogP contribution in [0, 0.1) is 0 Å². The van der Waals surface area contributed by atoms with Crippen LogP contribution in [-0.4, -0.2) is 0 Å². The van der Waals surface area contributed by atoms with Crippen molar-refractivity contribution in [3.63, 3.8) is 0 Å². The van der Waals surface area contributed by atoms with Crippen LogP contribution >= 0.6 is 0 Å². The minimum atomic E-state index is 0. The lowest BCUT2D eigenvalue weighted by Crippen LogP contribution is -2.02. The van der Waals surface area contributed by atoms with Gasteiger partial charge in [-0.1, -0.05) is 73.6 Å². The van der Waals surface area contributed by atoms with E-state index in [4.69, 9.17) is 5.73 Å². The number of hydrogen-bond donors (Lipinski definition) is 1. The zero-order valence-corrected chi connectivity index (χ0v) is 13.0. The van der Waals surface area contributed by atoms with Gasteiger partial charge in [-0.05, 0) is 23.0 Å². The maximum Gasteiger partial charge on any atom is 0.0384 e. The molecule has 0 aliphatic heterocycles. The number of para-hydroxylation sites is 1. The van der Waals surface area contributed by atoms with Crippen LogP contribution in [0.15, 0.2) is 18.2 Å². The van der Waals surface area contributed by atoms with Gasteiger partial charge in [0, 0.05) is 7.11 Å². The maximum absolute atomic E-state index is 6.09. The summed E-state index contributed by atoms with van der Waals surface area (Å²) >= 11 is 0. The average molecular weight is 239 g/mol. The third-order valence-electron chi connectivity index (χ3n) is 2.42. The molecule has 0 aliphatic carbocycles. The van der Waals surface area contributed by atoms with E-state index in [-0.39, 0.29) is 1.43 Å². The number of anilines is 1. The van der Waals surface area contributed by atoms with Crippen molar-refractivity contribution in [2.45, 2.75) is 67.2 Å². The van der Waals surface area contributed by atoms with E-state index in [2.05, 4.69) is 45.9 Å². The molecule has 0 atom stereocenters. The lowest BCUT2D eigenvalue weighted by atomic mass is 9.93. The van der Waals surface area contributed by atoms with E-state index in [0.29, 0.717) is 11.8 Å². The Balaban J connectivity index is -0.000000409. The fraction of sp³-hybridized carbons (Fsp3) is 0.625. The molecule has 0 radical (unpaired) electrons. The van der Waals surface area contributed by atoms with Gasteiger partial charge in [-0.2, -0.15) is 0 Å². The molecule has 0 spiro atoms. The molecule has 0 fully saturated rings. The van der Waals surface area contributed by atoms with Crippen LogP contribution in [0.2, 0.25) is 0 Å². The third-order valence-corrected chi connectivity index (χ3v) is 2.42. The molecule has 0 saturated heterocycles. The van der Waals surface area contributed by atoms with Gasteiger partial charge >= 0.3 is 0 Å². The van der Waals surface area contributed by atoms with Crippen LogP contribution in [0.5, 0.6) is 0 Å². The normalized spacial score (nSPS) is 9.29. The minimum absolute atomic E-state index is 0. The number of benzene rings is 1. The van der Waals surface area contributed by atoms with Crippen LogP contribution in [0.4, 0.5) is 5.69 Å². The first-order valence-corrected chi connectivity index (χ1v) is 6.92. The van der Waals surface area contributed by atoms with E-state index < -0.39 is 0 Å². The summed E-state index contributed by atoms with van der Waals surface area (Å²) in [6, 6.07) is 6.33. The molecule has 1 aromatic carbocycles. The summed E-state index contributed by atoms with van der Waals surface area (Å²) in [5.41, 5.74) is 9.60. The lowest BCUT2D eigenvalue weighted by Gasteiger charge is -2.15. The summed E-state index contributed by atoms with van der Waals surface area (Å²) in [6.07, 6.45) is 0. The maximum atomic E-state index is 6.09. The predicted molar refractivity (Wildman–Crippen MR) is 83.8 cm³/mol. The molecule has 0 bridgehead atoms. The Hall–Kier alpha value is -0.980. The second-order valence-corrected chi connectivity index (χ2v) is 4.16. The van der Waals surface area contributed by atoms with Gasteiger partial charge in [-0.3, -0.25) is 0 Å². The fourth-order valence-corrected chi connectivity index (χ4v) is 1.61. The Labute approximate surface area is 110 Å². The van der Waals surface area contributed by atoms with E-state index in [0.717, 1.165) is 5.69 Å². The zero-order chi connectivity index (χ0) is 14.0. The van der Waals surface area contributed by atoms with Crippen molar-refractivity contribution in [1.29, 1.82) is 0 Å². The molecule has 0 unspecified atom stereocenters. The Kier molecular flexibility index (Phi) is 11.0. The first-order valence-electron chi connectivity index (χ1n) is 6.92. The summed E-state index contributed by atoms with van der Waals surface area (Å²) < 4.78 is 0. The highest BCUT2D eigenvalue weighted by molar-refractivity contribution is 5.56. The molecule has 0 saturated carbocycles. The summed E-state index contributed by atoms with van der Waals surface area (Å²) in [5.74, 6) is 1.03. The molecule has 17 heavy (non-hydrogen) atoms. The number of nitrogens with two attached hydrogens (primary N) is 1. The lowest BCUT2D eigenvalue weighted by molar-refractivity contribution is 0.840. The van der Waals surface area contributed by atoms with E-state index >= 15 is 0 Å². The fourth-order valence-electron chi connectivity index (χ4n) is 1.61. The summed E-state index contributed by atoms with van der Waals surface area (Å²) in [6.45, 7) is 16.7. The van der Waals surface area contributed by atoms with Crippen molar-refractivity contribution in [1.82, 2.24) is 0 Å². The third kappa shape index (κ3) is 5.76. The highest BCUT2D eigenvalue weighted by atomic mass is 14.6. The SMILES string of the molecule is CC.CC.CC(C)c1cccc(C(C)C)c1N.[HH]. The Morgan fingerprint density at radius 2 is 1.12 bits per heavy atom. The van der Waals surface area contributed by atoms with Crippen LogP contribution in [-0.2, 0) is 0 Å². The molecule has 1 nitrogen and oxygen atoms in total. The second kappa shape index (κ2) is 10.2. The molecule has 1 heteroatoms. The Bertz CT molecular complexity index is 267. The quantitative estimate of drug-likeness (QED) is 0.647. The van der Waals surface area contributed by atoms with Crippen LogP contribution in [0.1, 0.15) is 79.8 Å². The zero-order valence-electron chi connectivity index (χ0n) is 13.0. The summed E-state index contributed by atoms with van der Waals surface area (Å²) in [4.78, 5) is 0. The van der Waals surface area contributed by atoms with Gasteiger partial charge in [0.1, 0.15) is 0 Å². The molecule has 0 aliphatic rings. The van der Waals surface area contributed by atoms with Crippen LogP contribution in [0.25, 0.3) is 0 Å². The number of nitrogen functional groups attached to an aromatic ring is 1. The number of hydrogen-bond acceptors (Lipinski definition) is 1. The van der Waals surface area contributed by atoms with Crippen molar-refractivity contribution in [3.8, 4) is 0 Å². The topological polar surface area (TPSA) is 26.0 Å². The van der Waals surface area contributed by atoms with Crippen molar-refractivity contribution in [3.05, 3.63) is 29.3 Å². The molecule has 1 rings (SSSR count). The van der Waals surface area contributed by atoms with Crippen molar-refractivity contribution in [2.24, 2.45) is 0 Å². The average Bonchev–Trinajstić information content (AvgIpc) is 2.33. The molecule has 1 aromatic rings. The largest absolute Gasteiger partial charge is 0.398 e. The molecule has 0 heterocycles. The first-order chi connectivity index (χ1) is 8.04. The first kappa shape index (κ1) is 18.4. The minimum Gasteiger partial charge on any atom is -0.398 e. The Morgan fingerprint density at radius 1 is 0.824 bits per heavy atom. The van der Waals surface area contributed by atoms with Gasteiger partial charge in [-0.15, -0.1) is 0 Å². The highest BCUT2D eigenvalue weighted by Crippen LogP contribution is 2.29. The van der Waals surface area contributed by atoms with Gasteiger partial charge in [-0.25, -0.2) is 0 Å². The van der Waals surface area contributed by atoms with Gasteiger partial charge in [0.25, 0.3) is 0 Å². The van der Waals surface area contributed by atoms with Crippen molar-refractivity contribution in [2.75, 3.05) is 5.73 Å². The molecular weight excluding hydrogens is 206 g/mol. The monoisotopic (exact) mass is 239 g/mol. The van der Waals surface area contributed by atoms with Crippen molar-refractivity contribution < 1.29 is 1.43 Å². The molecule has 0 amide bonds. The van der Waals surface area contributed by atoms with E-state index in [9.17, 15) is 0 Å². The summed E-state index contributed by atoms with van der Waals surface area (Å²) in [7, 11) is 0. The predicted octanol–water partition coefficient (Wildman–Crippen LogP) is 5.81. The molecular formula is C16H33N. The summed E-state index contributed by atoms with van der Waals surface area (Å²) in [5, 5.41) is 0. The van der Waals surface area contributed by atoms with Crippen molar-refractivity contribution >= 4 is 5.69 Å². The van der Waals surface area contributed by atoms with Gasteiger partial charge < -0.3 is 5.73 Å². The van der Waals surface area contributed by atoms with Gasteiger partial charge in [0.05, 0.1) is 0 Å². The van der Waals surface area contributed by atoms with Crippen LogP contribution < -0.4 is 5.73 Å². The Morgan fingerprint density at radius 3 is 1.35 bits per heavy atom. The van der Waals surface area contributed by atoms with Gasteiger partial charge in [0.2, 0.25) is 0 Å².